The normalized spacial score (nSPS) is 9.85. The molecule has 1 rings (SSSR count). The van der Waals surface area contributed by atoms with Gasteiger partial charge in [0.2, 0.25) is 5.78 Å². The molecule has 20 heavy (non-hydrogen) atoms. The highest BCUT2D eigenvalue weighted by molar-refractivity contribution is 8.07. The lowest BCUT2D eigenvalue weighted by Crippen LogP contribution is -2.26. The topological polar surface area (TPSA) is 105 Å². The smallest absolute Gasteiger partial charge is 0.360 e. The molecule has 7 heteroatoms. The monoisotopic (exact) mass is 290 g/mol. The maximum Gasteiger partial charge on any atom is 0.447 e. The van der Waals surface area contributed by atoms with Gasteiger partial charge in [-0.25, -0.2) is 8.42 Å². The van der Waals surface area contributed by atoms with Crippen molar-refractivity contribution < 1.29 is 22.8 Å². The second-order valence-electron chi connectivity index (χ2n) is 3.82. The van der Waals surface area contributed by atoms with Gasteiger partial charge in [-0.1, -0.05) is 24.1 Å². The molecule has 0 aliphatic heterocycles. The van der Waals surface area contributed by atoms with Crippen molar-refractivity contribution in [3.8, 4) is 11.8 Å². The van der Waals surface area contributed by atoms with E-state index in [0.29, 0.717) is 11.8 Å². The second kappa shape index (κ2) is 6.57. The van der Waals surface area contributed by atoms with E-state index in [4.69, 9.17) is 5.53 Å². The standard InChI is InChI=1S/C13H10N2O4S/c1-20(18,19)13(15-14)12(17)9-11(16)8-7-10-5-3-2-4-6-10/h2-6H,9H2,1H3. The van der Waals surface area contributed by atoms with Crippen molar-refractivity contribution in [2.75, 3.05) is 6.26 Å². The van der Waals surface area contributed by atoms with Crippen LogP contribution in [-0.4, -0.2) is 36.1 Å². The van der Waals surface area contributed by atoms with Crippen molar-refractivity contribution in [3.05, 3.63) is 41.4 Å². The van der Waals surface area contributed by atoms with Gasteiger partial charge in [0, 0.05) is 5.56 Å². The Kier molecular flexibility index (Phi) is 5.09. The number of ketones is 2. The number of nitrogens with zero attached hydrogens (tertiary/aromatic N) is 2. The Hall–Kier alpha value is -2.55. The van der Waals surface area contributed by atoms with Crippen molar-refractivity contribution in [1.82, 2.24) is 0 Å². The lowest BCUT2D eigenvalue weighted by atomic mass is 10.2. The molecule has 0 heterocycles. The van der Waals surface area contributed by atoms with Crippen molar-refractivity contribution in [2.45, 2.75) is 6.42 Å². The zero-order valence-corrected chi connectivity index (χ0v) is 11.3. The van der Waals surface area contributed by atoms with Gasteiger partial charge in [-0.15, -0.1) is 4.79 Å². The molecule has 1 aromatic carbocycles. The summed E-state index contributed by atoms with van der Waals surface area (Å²) >= 11 is 0. The summed E-state index contributed by atoms with van der Waals surface area (Å²) in [6.45, 7) is 0. The minimum Gasteiger partial charge on any atom is -0.360 e. The van der Waals surface area contributed by atoms with Crippen molar-refractivity contribution in [1.29, 1.82) is 0 Å². The van der Waals surface area contributed by atoms with E-state index >= 15 is 0 Å². The maximum atomic E-state index is 11.5. The quantitative estimate of drug-likeness (QED) is 0.198. The summed E-state index contributed by atoms with van der Waals surface area (Å²) in [5.41, 5.74) is 9.08. The SMILES string of the molecule is CS(=O)(=O)C(=[N+]=[N-])C(=O)CC(=O)C#Cc1ccccc1. The van der Waals surface area contributed by atoms with Crippen LogP contribution >= 0.6 is 0 Å². The molecule has 0 aliphatic carbocycles. The van der Waals surface area contributed by atoms with Gasteiger partial charge in [0.05, 0.1) is 12.7 Å². The number of benzene rings is 1. The Morgan fingerprint density at radius 3 is 2.35 bits per heavy atom. The molecule has 0 amide bonds. The maximum absolute atomic E-state index is 11.5. The molecule has 0 saturated carbocycles. The fraction of sp³-hybridized carbons (Fsp3) is 0.154. The molecule has 0 radical (unpaired) electrons. The average molecular weight is 290 g/mol. The predicted molar refractivity (Wildman–Crippen MR) is 71.4 cm³/mol. The van der Waals surface area contributed by atoms with Crippen molar-refractivity contribution in [2.24, 2.45) is 0 Å². The molecular weight excluding hydrogens is 280 g/mol. The van der Waals surface area contributed by atoms with Gasteiger partial charge >= 0.3 is 5.04 Å². The molecule has 0 N–H and O–H groups in total. The fourth-order valence-electron chi connectivity index (χ4n) is 1.27. The number of carbonyl (C=O) groups excluding carboxylic acids is 2. The minimum absolute atomic E-state index is 0.590. The Morgan fingerprint density at radius 2 is 1.85 bits per heavy atom. The summed E-state index contributed by atoms with van der Waals surface area (Å²) in [4.78, 5) is 25.3. The summed E-state index contributed by atoms with van der Waals surface area (Å²) in [5, 5.41) is -1.05. The Labute approximate surface area is 116 Å². The molecular formula is C13H10N2O4S. The lowest BCUT2D eigenvalue weighted by Gasteiger charge is -1.90. The molecule has 0 bridgehead atoms. The first-order valence-corrected chi connectivity index (χ1v) is 7.29. The number of carbonyl (C=O) groups is 2. The van der Waals surface area contributed by atoms with Crippen LogP contribution in [0.2, 0.25) is 0 Å². The zero-order valence-electron chi connectivity index (χ0n) is 10.5. The van der Waals surface area contributed by atoms with E-state index in [9.17, 15) is 18.0 Å². The van der Waals surface area contributed by atoms with Crippen LogP contribution in [0.1, 0.15) is 12.0 Å². The third kappa shape index (κ3) is 4.61. The third-order valence-electron chi connectivity index (χ3n) is 2.12. The summed E-state index contributed by atoms with van der Waals surface area (Å²) in [6, 6.07) is 8.62. The molecule has 0 atom stereocenters. The molecule has 0 spiro atoms. The molecule has 0 saturated heterocycles. The van der Waals surface area contributed by atoms with Crippen LogP contribution in [0.15, 0.2) is 30.3 Å². The molecule has 102 valence electrons. The third-order valence-corrected chi connectivity index (χ3v) is 3.13. The minimum atomic E-state index is -3.98. The first-order chi connectivity index (χ1) is 9.34. The molecule has 0 fully saturated rings. The Morgan fingerprint density at radius 1 is 1.25 bits per heavy atom. The highest BCUT2D eigenvalue weighted by atomic mass is 32.2. The highest BCUT2D eigenvalue weighted by Gasteiger charge is 2.32. The number of hydrogen-bond donors (Lipinski definition) is 0. The van der Waals surface area contributed by atoms with Gasteiger partial charge in [0.1, 0.15) is 0 Å². The summed E-state index contributed by atoms with van der Waals surface area (Å²) in [5.74, 6) is 2.91. The van der Waals surface area contributed by atoms with Crippen LogP contribution in [0.4, 0.5) is 0 Å². The van der Waals surface area contributed by atoms with Gasteiger partial charge in [0.25, 0.3) is 15.6 Å². The highest BCUT2D eigenvalue weighted by Crippen LogP contribution is 1.97. The first-order valence-electron chi connectivity index (χ1n) is 5.40. The number of Topliss-reactive ketones (excluding diaryl/α,β-unsaturated/α-hetero) is 2. The number of rotatable bonds is 3. The number of sulfone groups is 1. The lowest BCUT2D eigenvalue weighted by molar-refractivity contribution is -0.122. The van der Waals surface area contributed by atoms with Crippen LogP contribution < -0.4 is 0 Å². The van der Waals surface area contributed by atoms with Crippen LogP contribution in [0, 0.1) is 11.8 Å². The van der Waals surface area contributed by atoms with Crippen LogP contribution in [0.5, 0.6) is 0 Å². The molecule has 0 unspecified atom stereocenters. The van der Waals surface area contributed by atoms with E-state index in [1.54, 1.807) is 30.3 Å². The largest absolute Gasteiger partial charge is 0.447 e. The van der Waals surface area contributed by atoms with Gasteiger partial charge in [-0.05, 0) is 18.1 Å². The van der Waals surface area contributed by atoms with E-state index < -0.39 is 32.9 Å². The Balaban J connectivity index is 2.81. The van der Waals surface area contributed by atoms with Gasteiger partial charge < -0.3 is 5.53 Å². The van der Waals surface area contributed by atoms with E-state index in [-0.39, 0.29) is 0 Å². The van der Waals surface area contributed by atoms with Crippen molar-refractivity contribution in [3.63, 3.8) is 0 Å². The number of hydrogen-bond acceptors (Lipinski definition) is 4. The molecule has 1 aromatic rings. The summed E-state index contributed by atoms with van der Waals surface area (Å²) in [6.07, 6.45) is -0.0492. The van der Waals surface area contributed by atoms with Crippen LogP contribution in [-0.2, 0) is 19.4 Å². The van der Waals surface area contributed by atoms with Gasteiger partial charge in [0.15, 0.2) is 0 Å². The van der Waals surface area contributed by atoms with E-state index in [1.165, 1.54) is 0 Å². The van der Waals surface area contributed by atoms with Gasteiger partial charge in [-0.3, -0.25) is 9.59 Å². The zero-order chi connectivity index (χ0) is 15.2. The van der Waals surface area contributed by atoms with E-state index in [0.717, 1.165) is 0 Å². The summed E-state index contributed by atoms with van der Waals surface area (Å²) in [7, 11) is -3.98. The van der Waals surface area contributed by atoms with Crippen molar-refractivity contribution >= 4 is 26.4 Å². The molecule has 0 aliphatic rings. The predicted octanol–water partition coefficient (Wildman–Crippen LogP) is 0.239. The average Bonchev–Trinajstić information content (AvgIpc) is 2.36. The van der Waals surface area contributed by atoms with Gasteiger partial charge in [-0.2, -0.15) is 0 Å². The molecule has 0 aromatic heterocycles. The second-order valence-corrected chi connectivity index (χ2v) is 5.75. The first kappa shape index (κ1) is 15.5. The fourth-order valence-corrected chi connectivity index (χ4v) is 1.90. The Bertz CT molecular complexity index is 749. The summed E-state index contributed by atoms with van der Waals surface area (Å²) < 4.78 is 22.2. The van der Waals surface area contributed by atoms with Crippen LogP contribution in [0.3, 0.4) is 0 Å². The van der Waals surface area contributed by atoms with Crippen LogP contribution in [0.25, 0.3) is 5.53 Å². The molecule has 6 nitrogen and oxygen atoms in total. The van der Waals surface area contributed by atoms with E-state index in [2.05, 4.69) is 16.6 Å². The van der Waals surface area contributed by atoms with E-state index in [1.807, 2.05) is 0 Å².